The van der Waals surface area contributed by atoms with Crippen LogP contribution < -0.4 is 0 Å². The minimum atomic E-state index is -0.371. The number of hydrogen-bond acceptors (Lipinski definition) is 3. The molecule has 104 valence electrons. The standard InChI is InChI=1S/C16H17NO3/c1-17(11-10-12-6-3-2-4-7-12)16(20)13-8-5-9-14(18)15(13)19/h2-9,18-19H,10-11H2,1H3. The summed E-state index contributed by atoms with van der Waals surface area (Å²) >= 11 is 0. The third-order valence-corrected chi connectivity index (χ3v) is 3.17. The Morgan fingerprint density at radius 3 is 2.45 bits per heavy atom. The molecule has 0 aromatic heterocycles. The maximum absolute atomic E-state index is 12.2. The average molecular weight is 271 g/mol. The second-order valence-corrected chi connectivity index (χ2v) is 4.64. The molecule has 4 heteroatoms. The molecule has 1 amide bonds. The molecule has 0 bridgehead atoms. The zero-order valence-electron chi connectivity index (χ0n) is 11.3. The molecule has 2 rings (SSSR count). The molecule has 0 unspecified atom stereocenters. The number of nitrogens with zero attached hydrogens (tertiary/aromatic N) is 1. The molecule has 0 saturated carbocycles. The fourth-order valence-electron chi connectivity index (χ4n) is 1.95. The Bertz CT molecular complexity index is 596. The quantitative estimate of drug-likeness (QED) is 0.839. The van der Waals surface area contributed by atoms with Gasteiger partial charge in [-0.25, -0.2) is 0 Å². The van der Waals surface area contributed by atoms with Crippen LogP contribution in [0.3, 0.4) is 0 Å². The van der Waals surface area contributed by atoms with Gasteiger partial charge in [0, 0.05) is 13.6 Å². The van der Waals surface area contributed by atoms with Crippen LogP contribution in [0.25, 0.3) is 0 Å². The molecule has 0 spiro atoms. The molecular weight excluding hydrogens is 254 g/mol. The third-order valence-electron chi connectivity index (χ3n) is 3.17. The molecule has 20 heavy (non-hydrogen) atoms. The molecule has 0 radical (unpaired) electrons. The normalized spacial score (nSPS) is 10.2. The monoisotopic (exact) mass is 271 g/mol. The second-order valence-electron chi connectivity index (χ2n) is 4.64. The van der Waals surface area contributed by atoms with Gasteiger partial charge in [0.15, 0.2) is 11.5 Å². The van der Waals surface area contributed by atoms with E-state index < -0.39 is 0 Å². The Labute approximate surface area is 117 Å². The number of para-hydroxylation sites is 1. The summed E-state index contributed by atoms with van der Waals surface area (Å²) in [6.45, 7) is 0.540. The number of phenols is 2. The summed E-state index contributed by atoms with van der Waals surface area (Å²) in [5, 5.41) is 19.1. The molecule has 0 atom stereocenters. The molecule has 2 N–H and O–H groups in total. The predicted octanol–water partition coefficient (Wildman–Crippen LogP) is 2.41. The van der Waals surface area contributed by atoms with Crippen molar-refractivity contribution < 1.29 is 15.0 Å². The van der Waals surface area contributed by atoms with Gasteiger partial charge in [0.1, 0.15) is 0 Å². The first-order chi connectivity index (χ1) is 9.59. The molecule has 4 nitrogen and oxygen atoms in total. The van der Waals surface area contributed by atoms with Gasteiger partial charge in [0.25, 0.3) is 5.91 Å². The fraction of sp³-hybridized carbons (Fsp3) is 0.188. The number of amides is 1. The first-order valence-corrected chi connectivity index (χ1v) is 6.40. The lowest BCUT2D eigenvalue weighted by Crippen LogP contribution is -2.28. The van der Waals surface area contributed by atoms with Crippen LogP contribution in [0.1, 0.15) is 15.9 Å². The van der Waals surface area contributed by atoms with E-state index in [0.717, 1.165) is 12.0 Å². The number of phenolic OH excluding ortho intramolecular Hbond substituents is 2. The van der Waals surface area contributed by atoms with Crippen molar-refractivity contribution in [2.24, 2.45) is 0 Å². The van der Waals surface area contributed by atoms with E-state index in [1.54, 1.807) is 7.05 Å². The number of carbonyl (C=O) groups excluding carboxylic acids is 1. The first kappa shape index (κ1) is 13.9. The predicted molar refractivity (Wildman–Crippen MR) is 76.9 cm³/mol. The Balaban J connectivity index is 2.04. The number of carbonyl (C=O) groups is 1. The van der Waals surface area contributed by atoms with E-state index in [0.29, 0.717) is 6.54 Å². The summed E-state index contributed by atoms with van der Waals surface area (Å²) in [7, 11) is 1.68. The van der Waals surface area contributed by atoms with Gasteiger partial charge in [-0.3, -0.25) is 4.79 Å². The van der Waals surface area contributed by atoms with Crippen molar-refractivity contribution in [2.45, 2.75) is 6.42 Å². The van der Waals surface area contributed by atoms with Crippen LogP contribution in [0.4, 0.5) is 0 Å². The summed E-state index contributed by atoms with van der Waals surface area (Å²) < 4.78 is 0. The maximum Gasteiger partial charge on any atom is 0.257 e. The summed E-state index contributed by atoms with van der Waals surface area (Å²) in [5.41, 5.74) is 1.26. The number of aromatic hydroxyl groups is 2. The van der Waals surface area contributed by atoms with Crippen LogP contribution in [0.5, 0.6) is 11.5 Å². The number of hydrogen-bond donors (Lipinski definition) is 2. The maximum atomic E-state index is 12.2. The van der Waals surface area contributed by atoms with Gasteiger partial charge in [-0.1, -0.05) is 36.4 Å². The Morgan fingerprint density at radius 2 is 1.75 bits per heavy atom. The molecule has 0 aliphatic carbocycles. The fourth-order valence-corrected chi connectivity index (χ4v) is 1.95. The highest BCUT2D eigenvalue weighted by atomic mass is 16.3. The van der Waals surface area contributed by atoms with E-state index in [-0.39, 0.29) is 23.0 Å². The Hall–Kier alpha value is -2.49. The molecule has 2 aromatic rings. The van der Waals surface area contributed by atoms with Crippen LogP contribution >= 0.6 is 0 Å². The smallest absolute Gasteiger partial charge is 0.257 e. The summed E-state index contributed by atoms with van der Waals surface area (Å²) in [5.74, 6) is -0.967. The Morgan fingerprint density at radius 1 is 1.05 bits per heavy atom. The average Bonchev–Trinajstić information content (AvgIpc) is 2.48. The van der Waals surface area contributed by atoms with Crippen LogP contribution in [0, 0.1) is 0 Å². The molecular formula is C16H17NO3. The lowest BCUT2D eigenvalue weighted by atomic mass is 10.1. The topological polar surface area (TPSA) is 60.8 Å². The van der Waals surface area contributed by atoms with Crippen molar-refractivity contribution >= 4 is 5.91 Å². The van der Waals surface area contributed by atoms with Crippen molar-refractivity contribution in [3.8, 4) is 11.5 Å². The van der Waals surface area contributed by atoms with Gasteiger partial charge in [0.05, 0.1) is 5.56 Å². The van der Waals surface area contributed by atoms with Crippen LogP contribution in [-0.2, 0) is 6.42 Å². The largest absolute Gasteiger partial charge is 0.504 e. The van der Waals surface area contributed by atoms with Crippen molar-refractivity contribution in [3.05, 3.63) is 59.7 Å². The Kier molecular flexibility index (Phi) is 4.25. The highest BCUT2D eigenvalue weighted by Gasteiger charge is 2.17. The zero-order valence-corrected chi connectivity index (χ0v) is 11.3. The minimum Gasteiger partial charge on any atom is -0.504 e. The molecule has 0 aliphatic rings. The van der Waals surface area contributed by atoms with Gasteiger partial charge in [-0.15, -0.1) is 0 Å². The van der Waals surface area contributed by atoms with Crippen molar-refractivity contribution in [2.75, 3.05) is 13.6 Å². The first-order valence-electron chi connectivity index (χ1n) is 6.40. The SMILES string of the molecule is CN(CCc1ccccc1)C(=O)c1cccc(O)c1O. The van der Waals surface area contributed by atoms with E-state index in [2.05, 4.69) is 0 Å². The molecule has 2 aromatic carbocycles. The van der Waals surface area contributed by atoms with Crippen molar-refractivity contribution in [3.63, 3.8) is 0 Å². The van der Waals surface area contributed by atoms with E-state index >= 15 is 0 Å². The molecule has 0 saturated heterocycles. The summed E-state index contributed by atoms with van der Waals surface area (Å²) in [6, 6.07) is 14.2. The van der Waals surface area contributed by atoms with Crippen molar-refractivity contribution in [1.29, 1.82) is 0 Å². The third kappa shape index (κ3) is 3.09. The highest BCUT2D eigenvalue weighted by Crippen LogP contribution is 2.28. The molecule has 0 fully saturated rings. The van der Waals surface area contributed by atoms with Gasteiger partial charge < -0.3 is 15.1 Å². The van der Waals surface area contributed by atoms with Crippen LogP contribution in [-0.4, -0.2) is 34.6 Å². The zero-order chi connectivity index (χ0) is 14.5. The number of likely N-dealkylation sites (N-methyl/N-ethyl adjacent to an activating group) is 1. The minimum absolute atomic E-state index is 0.112. The number of rotatable bonds is 4. The van der Waals surface area contributed by atoms with Gasteiger partial charge >= 0.3 is 0 Å². The van der Waals surface area contributed by atoms with E-state index in [9.17, 15) is 15.0 Å². The van der Waals surface area contributed by atoms with Gasteiger partial charge in [-0.2, -0.15) is 0 Å². The lowest BCUT2D eigenvalue weighted by Gasteiger charge is -2.18. The van der Waals surface area contributed by atoms with Crippen LogP contribution in [0.15, 0.2) is 48.5 Å². The van der Waals surface area contributed by atoms with E-state index in [4.69, 9.17) is 0 Å². The van der Waals surface area contributed by atoms with Crippen LogP contribution in [0.2, 0.25) is 0 Å². The molecule has 0 aliphatic heterocycles. The van der Waals surface area contributed by atoms with E-state index in [1.165, 1.54) is 23.1 Å². The van der Waals surface area contributed by atoms with Gasteiger partial charge in [-0.05, 0) is 24.1 Å². The molecule has 0 heterocycles. The highest BCUT2D eigenvalue weighted by molar-refractivity contribution is 5.97. The van der Waals surface area contributed by atoms with Gasteiger partial charge in [0.2, 0.25) is 0 Å². The second kappa shape index (κ2) is 6.10. The lowest BCUT2D eigenvalue weighted by molar-refractivity contribution is 0.0793. The summed E-state index contributed by atoms with van der Waals surface area (Å²) in [4.78, 5) is 13.7. The van der Waals surface area contributed by atoms with Crippen molar-refractivity contribution in [1.82, 2.24) is 4.90 Å². The summed E-state index contributed by atoms with van der Waals surface area (Å²) in [6.07, 6.45) is 0.739. The number of benzene rings is 2. The van der Waals surface area contributed by atoms with E-state index in [1.807, 2.05) is 30.3 Å².